The van der Waals surface area contributed by atoms with Gasteiger partial charge >= 0.3 is 0 Å². The average Bonchev–Trinajstić information content (AvgIpc) is 2.91. The zero-order valence-corrected chi connectivity index (χ0v) is 11.7. The smallest absolute Gasteiger partial charge is 0.0946 e. The number of hydrogen-bond acceptors (Lipinski definition) is 3. The Bertz CT molecular complexity index is 712. The number of nitrogens with zero attached hydrogens (tertiary/aromatic N) is 3. The van der Waals surface area contributed by atoms with Crippen LogP contribution < -0.4 is 5.32 Å². The predicted octanol–water partition coefficient (Wildman–Crippen LogP) is 2.47. The summed E-state index contributed by atoms with van der Waals surface area (Å²) < 4.78 is 2.06. The molecule has 1 N–H and O–H groups in total. The Hall–Kier alpha value is -2.20. The first-order valence-corrected chi connectivity index (χ1v) is 6.75. The molecule has 0 radical (unpaired) electrons. The summed E-state index contributed by atoms with van der Waals surface area (Å²) in [5.74, 6) is 0. The van der Waals surface area contributed by atoms with Crippen molar-refractivity contribution >= 4 is 10.9 Å². The fraction of sp³-hybridized carbons (Fsp3) is 0.250. The van der Waals surface area contributed by atoms with E-state index in [0.717, 1.165) is 11.9 Å². The van der Waals surface area contributed by atoms with Gasteiger partial charge in [0, 0.05) is 24.8 Å². The monoisotopic (exact) mass is 266 g/mol. The predicted molar refractivity (Wildman–Crippen MR) is 80.5 cm³/mol. The number of benzene rings is 1. The summed E-state index contributed by atoms with van der Waals surface area (Å²) in [7, 11) is 4.01. The normalized spacial score (nSPS) is 12.7. The topological polar surface area (TPSA) is 42.7 Å². The Kier molecular flexibility index (Phi) is 3.48. The Morgan fingerprint density at radius 2 is 2.10 bits per heavy atom. The maximum Gasteiger partial charge on any atom is 0.0946 e. The van der Waals surface area contributed by atoms with E-state index in [-0.39, 0.29) is 6.04 Å². The molecule has 0 aliphatic carbocycles. The van der Waals surface area contributed by atoms with Crippen molar-refractivity contribution in [1.82, 2.24) is 19.9 Å². The molecule has 4 heteroatoms. The van der Waals surface area contributed by atoms with Crippen LogP contribution in [0.15, 0.2) is 49.1 Å². The van der Waals surface area contributed by atoms with E-state index in [0.29, 0.717) is 0 Å². The lowest BCUT2D eigenvalue weighted by Crippen LogP contribution is -2.21. The molecule has 102 valence electrons. The van der Waals surface area contributed by atoms with Gasteiger partial charge < -0.3 is 9.88 Å². The quantitative estimate of drug-likeness (QED) is 0.789. The zero-order chi connectivity index (χ0) is 13.9. The third-order valence-corrected chi connectivity index (χ3v) is 3.72. The maximum atomic E-state index is 4.42. The molecule has 0 spiro atoms. The molecule has 0 fully saturated rings. The van der Waals surface area contributed by atoms with Crippen molar-refractivity contribution in [3.05, 3.63) is 60.3 Å². The summed E-state index contributed by atoms with van der Waals surface area (Å²) in [6.07, 6.45) is 6.56. The molecule has 2 aromatic heterocycles. The highest BCUT2D eigenvalue weighted by Crippen LogP contribution is 2.22. The van der Waals surface area contributed by atoms with E-state index in [1.807, 2.05) is 38.9 Å². The van der Waals surface area contributed by atoms with Crippen LogP contribution in [0.2, 0.25) is 0 Å². The highest BCUT2D eigenvalue weighted by Gasteiger charge is 2.14. The van der Waals surface area contributed by atoms with Crippen molar-refractivity contribution in [2.75, 3.05) is 7.05 Å². The molecule has 1 atom stereocenters. The van der Waals surface area contributed by atoms with Crippen LogP contribution in [0.25, 0.3) is 10.9 Å². The third-order valence-electron chi connectivity index (χ3n) is 3.72. The Morgan fingerprint density at radius 1 is 1.25 bits per heavy atom. The molecule has 1 unspecified atom stereocenters. The van der Waals surface area contributed by atoms with Crippen LogP contribution in [0, 0.1) is 0 Å². The van der Waals surface area contributed by atoms with Crippen molar-refractivity contribution in [3.8, 4) is 0 Å². The van der Waals surface area contributed by atoms with Gasteiger partial charge in [-0.2, -0.15) is 0 Å². The minimum Gasteiger partial charge on any atom is -0.336 e. The van der Waals surface area contributed by atoms with Crippen LogP contribution in [0.5, 0.6) is 0 Å². The molecule has 0 saturated heterocycles. The number of aryl methyl sites for hydroxylation is 1. The van der Waals surface area contributed by atoms with Gasteiger partial charge in [0.1, 0.15) is 0 Å². The van der Waals surface area contributed by atoms with Crippen molar-refractivity contribution in [2.45, 2.75) is 12.5 Å². The standard InChI is InChI=1S/C16H18N4/c1-17-15(16-10-18-11-20(16)2)9-12-7-8-19-14-6-4-3-5-13(12)14/h3-8,10-11,15,17H,9H2,1-2H3. The van der Waals surface area contributed by atoms with Crippen LogP contribution >= 0.6 is 0 Å². The van der Waals surface area contributed by atoms with E-state index in [2.05, 4.69) is 44.1 Å². The first-order valence-electron chi connectivity index (χ1n) is 6.75. The number of para-hydroxylation sites is 1. The largest absolute Gasteiger partial charge is 0.336 e. The Balaban J connectivity index is 1.98. The van der Waals surface area contributed by atoms with Crippen LogP contribution in [0.4, 0.5) is 0 Å². The highest BCUT2D eigenvalue weighted by molar-refractivity contribution is 5.81. The zero-order valence-electron chi connectivity index (χ0n) is 11.7. The molecular weight excluding hydrogens is 248 g/mol. The minimum absolute atomic E-state index is 0.244. The molecule has 3 aromatic rings. The van der Waals surface area contributed by atoms with E-state index in [4.69, 9.17) is 0 Å². The van der Waals surface area contributed by atoms with Crippen molar-refractivity contribution in [2.24, 2.45) is 7.05 Å². The van der Waals surface area contributed by atoms with E-state index in [1.54, 1.807) is 0 Å². The van der Waals surface area contributed by atoms with E-state index >= 15 is 0 Å². The van der Waals surface area contributed by atoms with Gasteiger partial charge in [-0.25, -0.2) is 4.98 Å². The number of nitrogens with one attached hydrogen (secondary N) is 1. The van der Waals surface area contributed by atoms with Gasteiger partial charge in [0.25, 0.3) is 0 Å². The second-order valence-corrected chi connectivity index (χ2v) is 4.96. The molecule has 0 saturated carbocycles. The molecule has 0 aliphatic rings. The molecule has 3 rings (SSSR count). The van der Waals surface area contributed by atoms with Crippen LogP contribution in [-0.4, -0.2) is 21.6 Å². The summed E-state index contributed by atoms with van der Waals surface area (Å²) in [5, 5.41) is 4.60. The first-order chi connectivity index (χ1) is 9.79. The fourth-order valence-electron chi connectivity index (χ4n) is 2.61. The Labute approximate surface area is 118 Å². The molecule has 0 amide bonds. The fourth-order valence-corrected chi connectivity index (χ4v) is 2.61. The molecule has 20 heavy (non-hydrogen) atoms. The Morgan fingerprint density at radius 3 is 2.85 bits per heavy atom. The summed E-state index contributed by atoms with van der Waals surface area (Å²) in [6, 6.07) is 10.6. The first kappa shape index (κ1) is 12.8. The van der Waals surface area contributed by atoms with Crippen molar-refractivity contribution < 1.29 is 0 Å². The molecule has 2 heterocycles. The van der Waals surface area contributed by atoms with Crippen molar-refractivity contribution in [3.63, 3.8) is 0 Å². The number of likely N-dealkylation sites (N-methyl/N-ethyl adjacent to an activating group) is 1. The number of rotatable bonds is 4. The van der Waals surface area contributed by atoms with Gasteiger partial charge in [-0.05, 0) is 31.2 Å². The summed E-state index contributed by atoms with van der Waals surface area (Å²) >= 11 is 0. The van der Waals surface area contributed by atoms with E-state index in [1.165, 1.54) is 16.6 Å². The number of pyridine rings is 1. The number of imidazole rings is 1. The molecule has 0 bridgehead atoms. The number of aromatic nitrogens is 3. The van der Waals surface area contributed by atoms with Crippen LogP contribution in [-0.2, 0) is 13.5 Å². The SMILES string of the molecule is CNC(Cc1ccnc2ccccc12)c1cncn1C. The number of fused-ring (bicyclic) bond motifs is 1. The van der Waals surface area contributed by atoms with Gasteiger partial charge in [-0.15, -0.1) is 0 Å². The number of hydrogen-bond donors (Lipinski definition) is 1. The van der Waals surface area contributed by atoms with Crippen LogP contribution in [0.3, 0.4) is 0 Å². The molecular formula is C16H18N4. The molecule has 0 aliphatic heterocycles. The second-order valence-electron chi connectivity index (χ2n) is 4.96. The molecule has 1 aromatic carbocycles. The van der Waals surface area contributed by atoms with Gasteiger partial charge in [0.05, 0.1) is 23.6 Å². The summed E-state index contributed by atoms with van der Waals surface area (Å²) in [5.41, 5.74) is 3.54. The van der Waals surface area contributed by atoms with Gasteiger partial charge in [0.2, 0.25) is 0 Å². The van der Waals surface area contributed by atoms with Gasteiger partial charge in [-0.1, -0.05) is 18.2 Å². The second kappa shape index (κ2) is 5.43. The van der Waals surface area contributed by atoms with Crippen LogP contribution in [0.1, 0.15) is 17.3 Å². The highest BCUT2D eigenvalue weighted by atomic mass is 15.1. The average molecular weight is 266 g/mol. The minimum atomic E-state index is 0.244. The molecule has 4 nitrogen and oxygen atoms in total. The summed E-state index contributed by atoms with van der Waals surface area (Å²) in [4.78, 5) is 8.62. The maximum absolute atomic E-state index is 4.42. The summed E-state index contributed by atoms with van der Waals surface area (Å²) in [6.45, 7) is 0. The third kappa shape index (κ3) is 2.30. The van der Waals surface area contributed by atoms with E-state index in [9.17, 15) is 0 Å². The lowest BCUT2D eigenvalue weighted by Gasteiger charge is -2.17. The van der Waals surface area contributed by atoms with Gasteiger partial charge in [-0.3, -0.25) is 4.98 Å². The van der Waals surface area contributed by atoms with Gasteiger partial charge in [0.15, 0.2) is 0 Å². The van der Waals surface area contributed by atoms with E-state index < -0.39 is 0 Å². The van der Waals surface area contributed by atoms with Crippen molar-refractivity contribution in [1.29, 1.82) is 0 Å². The lowest BCUT2D eigenvalue weighted by atomic mass is 10.0. The lowest BCUT2D eigenvalue weighted by molar-refractivity contribution is 0.556.